The van der Waals surface area contributed by atoms with E-state index in [0.717, 1.165) is 11.1 Å². The van der Waals surface area contributed by atoms with Crippen molar-refractivity contribution in [2.24, 2.45) is 0 Å². The molecule has 2 nitrogen and oxygen atoms in total. The van der Waals surface area contributed by atoms with Crippen LogP contribution in [0.25, 0.3) is 10.9 Å². The van der Waals surface area contributed by atoms with Gasteiger partial charge in [-0.3, -0.25) is 0 Å². The zero-order valence-corrected chi connectivity index (χ0v) is 7.79. The van der Waals surface area contributed by atoms with Crippen LogP contribution in [0.15, 0.2) is 30.3 Å². The minimum atomic E-state index is 0. The van der Waals surface area contributed by atoms with E-state index in [0.29, 0.717) is 5.52 Å². The number of rotatable bonds is 0. The van der Waals surface area contributed by atoms with Gasteiger partial charge in [0, 0.05) is 18.4 Å². The van der Waals surface area contributed by atoms with Gasteiger partial charge in [-0.25, -0.2) is 4.98 Å². The minimum absolute atomic E-state index is 0. The molecular formula is C10H9LiNO+. The molecule has 0 spiro atoms. The van der Waals surface area contributed by atoms with Crippen LogP contribution in [-0.4, -0.2) is 0 Å². The Morgan fingerprint density at radius 3 is 2.69 bits per heavy atom. The monoisotopic (exact) mass is 166 g/mol. The molecule has 0 aliphatic heterocycles. The second kappa shape index (κ2) is 3.82. The number of pyridine rings is 1. The summed E-state index contributed by atoms with van der Waals surface area (Å²) < 4.78 is 0. The molecule has 0 saturated heterocycles. The van der Waals surface area contributed by atoms with Crippen LogP contribution >= 0.6 is 0 Å². The van der Waals surface area contributed by atoms with Crippen LogP contribution in [0.3, 0.4) is 0 Å². The number of aromatic nitrogens is 1. The Labute approximate surface area is 88.8 Å². The third-order valence-electron chi connectivity index (χ3n) is 1.89. The number of hydrogen-bond acceptors (Lipinski definition) is 1. The third kappa shape index (κ3) is 1.85. The van der Waals surface area contributed by atoms with Crippen molar-refractivity contribution in [3.63, 3.8) is 0 Å². The predicted molar refractivity (Wildman–Crippen MR) is 44.7 cm³/mol. The molecule has 1 N–H and O–H groups in total. The van der Waals surface area contributed by atoms with Gasteiger partial charge in [-0.2, -0.15) is 0 Å². The fourth-order valence-corrected chi connectivity index (χ4v) is 1.27. The van der Waals surface area contributed by atoms with Crippen LogP contribution in [0.4, 0.5) is 0 Å². The van der Waals surface area contributed by atoms with Crippen LogP contribution in [0, 0.1) is 6.92 Å². The van der Waals surface area contributed by atoms with Gasteiger partial charge in [0.15, 0.2) is 5.69 Å². The zero-order chi connectivity index (χ0) is 8.55. The van der Waals surface area contributed by atoms with Crippen molar-refractivity contribution < 1.29 is 29.0 Å². The molecule has 0 amide bonds. The van der Waals surface area contributed by atoms with E-state index in [1.54, 1.807) is 12.1 Å². The Morgan fingerprint density at radius 2 is 1.92 bits per heavy atom. The van der Waals surface area contributed by atoms with Crippen molar-refractivity contribution in [3.05, 3.63) is 36.0 Å². The molecule has 2 aromatic rings. The van der Waals surface area contributed by atoms with Crippen LogP contribution in [0.5, 0.6) is 5.75 Å². The quantitative estimate of drug-likeness (QED) is 0.419. The standard InChI is InChI=1S/C10H9NO.Li/c1-7-5-6-8-3-2-4-9(12)10(8)11-7;/h2-6,12H,1H3;/q;+1. The molecule has 0 saturated carbocycles. The topological polar surface area (TPSA) is 37.2 Å². The van der Waals surface area contributed by atoms with Gasteiger partial charge in [0.25, 0.3) is 0 Å². The number of para-hydroxylation sites is 1. The molecule has 1 aromatic heterocycles. The van der Waals surface area contributed by atoms with Gasteiger partial charge in [0.1, 0.15) is 0 Å². The fourth-order valence-electron chi connectivity index (χ4n) is 1.27. The molecule has 1 aromatic carbocycles. The molecule has 3 heteroatoms. The maximum atomic E-state index is 11.3. The van der Waals surface area contributed by atoms with Crippen LogP contribution in [0.2, 0.25) is 0 Å². The van der Waals surface area contributed by atoms with Gasteiger partial charge in [0.05, 0.1) is 0 Å². The van der Waals surface area contributed by atoms with E-state index in [1.807, 2.05) is 25.1 Å². The molecule has 0 aliphatic carbocycles. The van der Waals surface area contributed by atoms with E-state index in [1.165, 1.54) is 0 Å². The van der Waals surface area contributed by atoms with E-state index in [2.05, 4.69) is 4.98 Å². The van der Waals surface area contributed by atoms with Gasteiger partial charge < -0.3 is 5.11 Å². The zero-order valence-electron chi connectivity index (χ0n) is 7.79. The fraction of sp³-hybridized carbons (Fsp3) is 0.100. The van der Waals surface area contributed by atoms with Crippen molar-refractivity contribution >= 4 is 10.9 Å². The summed E-state index contributed by atoms with van der Waals surface area (Å²) in [6.45, 7) is 1.94. The largest absolute Gasteiger partial charge is 1.00 e. The Balaban J connectivity index is 0.000000845. The number of fused-ring (bicyclic) bond motifs is 1. The summed E-state index contributed by atoms with van der Waals surface area (Å²) in [5.41, 5.74) is 1.70. The number of nitrogens with one attached hydrogen (secondary N) is 1. The second-order valence-corrected chi connectivity index (χ2v) is 2.86. The van der Waals surface area contributed by atoms with Crippen LogP contribution in [0.1, 0.15) is 5.69 Å². The van der Waals surface area contributed by atoms with Gasteiger partial charge in [-0.15, -0.1) is 0 Å². The van der Waals surface area contributed by atoms with E-state index in [4.69, 9.17) is 0 Å². The minimum Gasteiger partial charge on any atom is -0.868 e. The summed E-state index contributed by atoms with van der Waals surface area (Å²) in [5.74, 6) is 0.0520. The summed E-state index contributed by atoms with van der Waals surface area (Å²) in [6, 6.07) is 9.17. The first-order chi connectivity index (χ1) is 5.77. The Hall–Kier alpha value is -0.973. The summed E-state index contributed by atoms with van der Waals surface area (Å²) in [4.78, 5) is 3.05. The Kier molecular flexibility index (Phi) is 2.97. The number of H-pyrrole nitrogens is 1. The maximum absolute atomic E-state index is 11.3. The Bertz CT molecular complexity index is 428. The molecule has 0 radical (unpaired) electrons. The predicted octanol–water partition coefficient (Wildman–Crippen LogP) is -1.96. The number of hydrogen-bond donors (Lipinski definition) is 0. The van der Waals surface area contributed by atoms with Crippen LogP contribution in [-0.2, 0) is 0 Å². The molecule has 0 aliphatic rings. The third-order valence-corrected chi connectivity index (χ3v) is 1.89. The summed E-state index contributed by atoms with van der Waals surface area (Å²) in [6.07, 6.45) is 0. The molecule has 2 rings (SSSR count). The smallest absolute Gasteiger partial charge is 0.868 e. The first-order valence-corrected chi connectivity index (χ1v) is 3.86. The molecular weight excluding hydrogens is 157 g/mol. The first kappa shape index (κ1) is 10.1. The first-order valence-electron chi connectivity index (χ1n) is 3.86. The van der Waals surface area contributed by atoms with Crippen molar-refractivity contribution in [1.29, 1.82) is 0 Å². The summed E-state index contributed by atoms with van der Waals surface area (Å²) >= 11 is 0. The number of aromatic amines is 1. The summed E-state index contributed by atoms with van der Waals surface area (Å²) in [7, 11) is 0. The molecule has 0 bridgehead atoms. The molecule has 0 fully saturated rings. The van der Waals surface area contributed by atoms with Gasteiger partial charge in [-0.05, 0) is 17.9 Å². The molecule has 1 heterocycles. The molecule has 13 heavy (non-hydrogen) atoms. The SMILES string of the molecule is Cc1ccc2cccc([O-])c2[nH+]1.[Li+]. The van der Waals surface area contributed by atoms with Crippen molar-refractivity contribution in [2.45, 2.75) is 6.92 Å². The van der Waals surface area contributed by atoms with Gasteiger partial charge >= 0.3 is 18.9 Å². The normalized spacial score (nSPS) is 9.62. The van der Waals surface area contributed by atoms with E-state index >= 15 is 0 Å². The van der Waals surface area contributed by atoms with E-state index in [-0.39, 0.29) is 24.6 Å². The Morgan fingerprint density at radius 1 is 1.15 bits per heavy atom. The molecule has 60 valence electrons. The molecule has 0 atom stereocenters. The average molecular weight is 166 g/mol. The summed E-state index contributed by atoms with van der Waals surface area (Å²) in [5, 5.41) is 12.3. The second-order valence-electron chi connectivity index (χ2n) is 2.86. The van der Waals surface area contributed by atoms with Crippen molar-refractivity contribution in [2.75, 3.05) is 0 Å². The number of benzene rings is 1. The van der Waals surface area contributed by atoms with E-state index in [9.17, 15) is 5.11 Å². The van der Waals surface area contributed by atoms with Crippen molar-refractivity contribution in [3.8, 4) is 5.75 Å². The maximum Gasteiger partial charge on any atom is 1.00 e. The van der Waals surface area contributed by atoms with Crippen molar-refractivity contribution in [1.82, 2.24) is 0 Å². The van der Waals surface area contributed by atoms with Crippen LogP contribution < -0.4 is 29.0 Å². The van der Waals surface area contributed by atoms with Gasteiger partial charge in [0.2, 0.25) is 5.52 Å². The van der Waals surface area contributed by atoms with Gasteiger partial charge in [-0.1, -0.05) is 12.1 Å². The number of aryl methyl sites for hydroxylation is 1. The van der Waals surface area contributed by atoms with E-state index < -0.39 is 0 Å². The molecule has 0 unspecified atom stereocenters. The average Bonchev–Trinajstić information content (AvgIpc) is 2.07.